The Bertz CT molecular complexity index is 337. The average Bonchev–Trinajstić information content (AvgIpc) is 2.30. The van der Waals surface area contributed by atoms with Gasteiger partial charge in [0, 0.05) is 13.1 Å². The van der Waals surface area contributed by atoms with Crippen LogP contribution in [-0.2, 0) is 11.2 Å². The number of hydrogen-bond donors (Lipinski definition) is 0. The highest BCUT2D eigenvalue weighted by Crippen LogP contribution is 2.20. The molecule has 0 unspecified atom stereocenters. The van der Waals surface area contributed by atoms with Crippen molar-refractivity contribution in [3.63, 3.8) is 0 Å². The number of pyridine rings is 1. The van der Waals surface area contributed by atoms with Gasteiger partial charge in [0.1, 0.15) is 11.0 Å². The van der Waals surface area contributed by atoms with Crippen molar-refractivity contribution in [2.24, 2.45) is 0 Å². The number of anilines is 1. The predicted molar refractivity (Wildman–Crippen MR) is 61.7 cm³/mol. The van der Waals surface area contributed by atoms with Gasteiger partial charge in [-0.15, -0.1) is 0 Å². The van der Waals surface area contributed by atoms with E-state index in [1.165, 1.54) is 0 Å². The van der Waals surface area contributed by atoms with Gasteiger partial charge in [0.15, 0.2) is 0 Å². The maximum Gasteiger partial charge on any atom is 0.134 e. The van der Waals surface area contributed by atoms with E-state index in [1.807, 2.05) is 6.07 Å². The maximum absolute atomic E-state index is 6.08. The zero-order chi connectivity index (χ0) is 10.7. The molecule has 0 N–H and O–H groups in total. The quantitative estimate of drug-likeness (QED) is 0.723. The van der Waals surface area contributed by atoms with Crippen LogP contribution in [0.25, 0.3) is 0 Å². The Labute approximate surface area is 95.0 Å². The van der Waals surface area contributed by atoms with Crippen LogP contribution in [0.1, 0.15) is 12.5 Å². The minimum Gasteiger partial charge on any atom is -0.378 e. The molecule has 0 amide bonds. The van der Waals surface area contributed by atoms with Gasteiger partial charge in [-0.05, 0) is 18.1 Å². The molecule has 1 aliphatic rings. The van der Waals surface area contributed by atoms with Gasteiger partial charge >= 0.3 is 0 Å². The SMILES string of the molecule is CCc1ccc(N2CCOCC2)nc1Cl. The highest BCUT2D eigenvalue weighted by molar-refractivity contribution is 6.30. The van der Waals surface area contributed by atoms with Crippen LogP contribution in [0.15, 0.2) is 12.1 Å². The zero-order valence-corrected chi connectivity index (χ0v) is 9.63. The van der Waals surface area contributed by atoms with E-state index < -0.39 is 0 Å². The summed E-state index contributed by atoms with van der Waals surface area (Å²) < 4.78 is 5.29. The summed E-state index contributed by atoms with van der Waals surface area (Å²) in [7, 11) is 0. The van der Waals surface area contributed by atoms with Gasteiger partial charge in [0.2, 0.25) is 0 Å². The second-order valence-corrected chi connectivity index (χ2v) is 3.93. The van der Waals surface area contributed by atoms with Gasteiger partial charge in [-0.1, -0.05) is 24.6 Å². The normalized spacial score (nSPS) is 16.8. The average molecular weight is 227 g/mol. The molecular formula is C11H15ClN2O. The van der Waals surface area contributed by atoms with Crippen LogP contribution in [0.5, 0.6) is 0 Å². The number of ether oxygens (including phenoxy) is 1. The molecule has 4 heteroatoms. The number of hydrogen-bond acceptors (Lipinski definition) is 3. The number of halogens is 1. The number of aryl methyl sites for hydroxylation is 1. The number of aromatic nitrogens is 1. The number of rotatable bonds is 2. The second-order valence-electron chi connectivity index (χ2n) is 3.57. The van der Waals surface area contributed by atoms with E-state index in [0.717, 1.165) is 44.1 Å². The highest BCUT2D eigenvalue weighted by atomic mass is 35.5. The summed E-state index contributed by atoms with van der Waals surface area (Å²) in [6.07, 6.45) is 0.926. The smallest absolute Gasteiger partial charge is 0.134 e. The van der Waals surface area contributed by atoms with Crippen LogP contribution in [0.4, 0.5) is 5.82 Å². The summed E-state index contributed by atoms with van der Waals surface area (Å²) in [5.41, 5.74) is 1.11. The third-order valence-corrected chi connectivity index (χ3v) is 2.95. The molecule has 0 bridgehead atoms. The molecule has 1 aliphatic heterocycles. The molecule has 0 radical (unpaired) electrons. The third-order valence-electron chi connectivity index (χ3n) is 2.63. The van der Waals surface area contributed by atoms with Crippen LogP contribution in [0.2, 0.25) is 5.15 Å². The summed E-state index contributed by atoms with van der Waals surface area (Å²) in [5, 5.41) is 0.626. The molecule has 0 aliphatic carbocycles. The standard InChI is InChI=1S/C11H15ClN2O/c1-2-9-3-4-10(13-11(9)12)14-5-7-15-8-6-14/h3-4H,2,5-8H2,1H3. The van der Waals surface area contributed by atoms with E-state index in [4.69, 9.17) is 16.3 Å². The Morgan fingerprint density at radius 3 is 2.73 bits per heavy atom. The molecule has 2 rings (SSSR count). The minimum atomic E-state index is 0.626. The predicted octanol–water partition coefficient (Wildman–Crippen LogP) is 2.13. The van der Waals surface area contributed by atoms with Crippen LogP contribution >= 0.6 is 11.6 Å². The van der Waals surface area contributed by atoms with Gasteiger partial charge in [0.25, 0.3) is 0 Å². The molecule has 0 saturated carbocycles. The lowest BCUT2D eigenvalue weighted by molar-refractivity contribution is 0.122. The van der Waals surface area contributed by atoms with Gasteiger partial charge in [0.05, 0.1) is 13.2 Å². The van der Waals surface area contributed by atoms with Gasteiger partial charge < -0.3 is 9.64 Å². The molecule has 1 saturated heterocycles. The Balaban J connectivity index is 2.17. The topological polar surface area (TPSA) is 25.4 Å². The molecule has 3 nitrogen and oxygen atoms in total. The Morgan fingerprint density at radius 1 is 1.40 bits per heavy atom. The molecule has 1 aromatic rings. The largest absolute Gasteiger partial charge is 0.378 e. The van der Waals surface area contributed by atoms with Crippen molar-refractivity contribution >= 4 is 17.4 Å². The molecule has 0 spiro atoms. The van der Waals surface area contributed by atoms with Crippen molar-refractivity contribution in [1.82, 2.24) is 4.98 Å². The number of morpholine rings is 1. The van der Waals surface area contributed by atoms with Crippen LogP contribution in [0.3, 0.4) is 0 Å². The van der Waals surface area contributed by atoms with Crippen molar-refractivity contribution in [1.29, 1.82) is 0 Å². The monoisotopic (exact) mass is 226 g/mol. The van der Waals surface area contributed by atoms with E-state index in [9.17, 15) is 0 Å². The van der Waals surface area contributed by atoms with Crippen molar-refractivity contribution in [2.75, 3.05) is 31.2 Å². The minimum absolute atomic E-state index is 0.626. The zero-order valence-electron chi connectivity index (χ0n) is 8.87. The van der Waals surface area contributed by atoms with Crippen molar-refractivity contribution in [3.05, 3.63) is 22.8 Å². The maximum atomic E-state index is 6.08. The summed E-state index contributed by atoms with van der Waals surface area (Å²) in [4.78, 5) is 6.61. The first-order valence-corrected chi connectivity index (χ1v) is 5.67. The molecule has 1 aromatic heterocycles. The van der Waals surface area contributed by atoms with E-state index in [-0.39, 0.29) is 0 Å². The first-order chi connectivity index (χ1) is 7.31. The van der Waals surface area contributed by atoms with E-state index in [1.54, 1.807) is 0 Å². The first kappa shape index (κ1) is 10.7. The molecular weight excluding hydrogens is 212 g/mol. The molecule has 0 aromatic carbocycles. The fourth-order valence-electron chi connectivity index (χ4n) is 1.69. The summed E-state index contributed by atoms with van der Waals surface area (Å²) in [6, 6.07) is 4.09. The van der Waals surface area contributed by atoms with Crippen LogP contribution in [-0.4, -0.2) is 31.3 Å². The van der Waals surface area contributed by atoms with Crippen LogP contribution < -0.4 is 4.90 Å². The van der Waals surface area contributed by atoms with Gasteiger partial charge in [-0.3, -0.25) is 0 Å². The molecule has 15 heavy (non-hydrogen) atoms. The molecule has 82 valence electrons. The lowest BCUT2D eigenvalue weighted by Crippen LogP contribution is -2.36. The Hall–Kier alpha value is -0.800. The Morgan fingerprint density at radius 2 is 2.13 bits per heavy atom. The van der Waals surface area contributed by atoms with Gasteiger partial charge in [-0.25, -0.2) is 4.98 Å². The molecule has 0 atom stereocenters. The van der Waals surface area contributed by atoms with Gasteiger partial charge in [-0.2, -0.15) is 0 Å². The van der Waals surface area contributed by atoms with Crippen molar-refractivity contribution in [2.45, 2.75) is 13.3 Å². The fourth-order valence-corrected chi connectivity index (χ4v) is 1.97. The third kappa shape index (κ3) is 2.41. The van der Waals surface area contributed by atoms with E-state index in [2.05, 4.69) is 22.9 Å². The fraction of sp³-hybridized carbons (Fsp3) is 0.545. The molecule has 2 heterocycles. The summed E-state index contributed by atoms with van der Waals surface area (Å²) in [5.74, 6) is 0.959. The lowest BCUT2D eigenvalue weighted by atomic mass is 10.2. The molecule has 1 fully saturated rings. The summed E-state index contributed by atoms with van der Waals surface area (Å²) in [6.45, 7) is 5.42. The van der Waals surface area contributed by atoms with E-state index in [0.29, 0.717) is 5.15 Å². The lowest BCUT2D eigenvalue weighted by Gasteiger charge is -2.28. The Kier molecular flexibility index (Phi) is 3.44. The first-order valence-electron chi connectivity index (χ1n) is 5.29. The van der Waals surface area contributed by atoms with Crippen molar-refractivity contribution < 1.29 is 4.74 Å². The number of nitrogens with zero attached hydrogens (tertiary/aromatic N) is 2. The van der Waals surface area contributed by atoms with Crippen molar-refractivity contribution in [3.8, 4) is 0 Å². The van der Waals surface area contributed by atoms with Crippen LogP contribution in [0, 0.1) is 0 Å². The second kappa shape index (κ2) is 4.81. The highest BCUT2D eigenvalue weighted by Gasteiger charge is 2.13. The van der Waals surface area contributed by atoms with E-state index >= 15 is 0 Å². The summed E-state index contributed by atoms with van der Waals surface area (Å²) >= 11 is 6.08.